The minimum absolute atomic E-state index is 0.135. The quantitative estimate of drug-likeness (QED) is 0.927. The maximum atomic E-state index is 12.1. The van der Waals surface area contributed by atoms with Gasteiger partial charge in [-0.25, -0.2) is 4.98 Å². The van der Waals surface area contributed by atoms with Crippen LogP contribution >= 0.6 is 0 Å². The summed E-state index contributed by atoms with van der Waals surface area (Å²) in [7, 11) is 0. The number of rotatable bonds is 4. The van der Waals surface area contributed by atoms with Crippen LogP contribution in [0.25, 0.3) is 11.4 Å². The van der Waals surface area contributed by atoms with E-state index in [2.05, 4.69) is 19.9 Å². The van der Waals surface area contributed by atoms with Crippen LogP contribution in [0.5, 0.6) is 5.75 Å². The van der Waals surface area contributed by atoms with Crippen molar-refractivity contribution in [3.8, 4) is 17.1 Å². The first kappa shape index (κ1) is 13.0. The van der Waals surface area contributed by atoms with E-state index >= 15 is 0 Å². The van der Waals surface area contributed by atoms with Gasteiger partial charge in [0.25, 0.3) is 0 Å². The van der Waals surface area contributed by atoms with Gasteiger partial charge >= 0.3 is 6.61 Å². The number of nitrogens with one attached hydrogen (secondary N) is 1. The molecule has 1 heterocycles. The Labute approximate surface area is 115 Å². The van der Waals surface area contributed by atoms with Gasteiger partial charge in [-0.3, -0.25) is 5.10 Å². The molecule has 1 saturated carbocycles. The molecule has 0 aliphatic heterocycles. The van der Waals surface area contributed by atoms with Crippen molar-refractivity contribution in [1.82, 2.24) is 15.2 Å². The second-order valence-electron chi connectivity index (χ2n) is 4.93. The molecule has 1 aliphatic carbocycles. The van der Waals surface area contributed by atoms with Crippen LogP contribution in [0.2, 0.25) is 0 Å². The van der Waals surface area contributed by atoms with Gasteiger partial charge in [0.2, 0.25) is 0 Å². The van der Waals surface area contributed by atoms with Gasteiger partial charge in [0.1, 0.15) is 11.6 Å². The van der Waals surface area contributed by atoms with Crippen LogP contribution in [-0.4, -0.2) is 21.8 Å². The van der Waals surface area contributed by atoms with Gasteiger partial charge in [-0.05, 0) is 37.1 Å². The van der Waals surface area contributed by atoms with Crippen LogP contribution in [-0.2, 0) is 0 Å². The second-order valence-corrected chi connectivity index (χ2v) is 4.93. The molecule has 1 aliphatic rings. The molecular weight excluding hydrogens is 264 g/mol. The molecule has 3 rings (SSSR count). The zero-order valence-electron chi connectivity index (χ0n) is 10.9. The fraction of sp³-hybridized carbons (Fsp3) is 0.429. The van der Waals surface area contributed by atoms with Gasteiger partial charge in [-0.15, -0.1) is 0 Å². The Hall–Kier alpha value is -1.98. The molecule has 0 unspecified atom stereocenters. The summed E-state index contributed by atoms with van der Waals surface area (Å²) in [5.41, 5.74) is 0.784. The number of H-pyrrole nitrogens is 1. The van der Waals surface area contributed by atoms with Gasteiger partial charge in [-0.1, -0.05) is 12.8 Å². The van der Waals surface area contributed by atoms with Crippen molar-refractivity contribution in [2.75, 3.05) is 0 Å². The monoisotopic (exact) mass is 279 g/mol. The number of ether oxygens (including phenoxy) is 1. The van der Waals surface area contributed by atoms with E-state index in [4.69, 9.17) is 0 Å². The summed E-state index contributed by atoms with van der Waals surface area (Å²) in [6, 6.07) is 6.35. The van der Waals surface area contributed by atoms with Crippen LogP contribution in [0.4, 0.5) is 8.78 Å². The molecule has 0 spiro atoms. The summed E-state index contributed by atoms with van der Waals surface area (Å²) in [5.74, 6) is 2.12. The van der Waals surface area contributed by atoms with E-state index in [0.717, 1.165) is 24.2 Å². The average molecular weight is 279 g/mol. The molecule has 1 fully saturated rings. The molecule has 106 valence electrons. The number of aromatic amines is 1. The molecule has 0 bridgehead atoms. The minimum Gasteiger partial charge on any atom is -0.435 e. The molecule has 0 saturated heterocycles. The first-order valence-corrected chi connectivity index (χ1v) is 6.70. The van der Waals surface area contributed by atoms with Gasteiger partial charge in [0, 0.05) is 11.5 Å². The highest BCUT2D eigenvalue weighted by molar-refractivity contribution is 5.55. The average Bonchev–Trinajstić information content (AvgIpc) is 3.10. The maximum Gasteiger partial charge on any atom is 0.387 e. The topological polar surface area (TPSA) is 50.8 Å². The molecule has 1 aromatic heterocycles. The molecule has 6 heteroatoms. The van der Waals surface area contributed by atoms with Crippen LogP contribution < -0.4 is 4.74 Å². The standard InChI is InChI=1S/C14H15F2N3O/c15-14(16)20-11-7-5-10(6-8-11)13-17-12(18-19-13)9-3-1-2-4-9/h5-9,14H,1-4H2,(H,17,18,19). The summed E-state index contributed by atoms with van der Waals surface area (Å²) in [6.07, 6.45) is 4.77. The van der Waals surface area contributed by atoms with Crippen LogP contribution in [0.1, 0.15) is 37.4 Å². The second kappa shape index (κ2) is 5.56. The lowest BCUT2D eigenvalue weighted by molar-refractivity contribution is -0.0498. The largest absolute Gasteiger partial charge is 0.435 e. The zero-order chi connectivity index (χ0) is 13.9. The van der Waals surface area contributed by atoms with Crippen molar-refractivity contribution in [1.29, 1.82) is 0 Å². The molecule has 4 nitrogen and oxygen atoms in total. The third-order valence-corrected chi connectivity index (χ3v) is 3.58. The molecule has 1 aromatic carbocycles. The Balaban J connectivity index is 1.75. The van der Waals surface area contributed by atoms with Gasteiger partial charge in [0.05, 0.1) is 0 Å². The molecule has 0 atom stereocenters. The van der Waals surface area contributed by atoms with E-state index in [1.807, 2.05) is 0 Å². The fourth-order valence-corrected chi connectivity index (χ4v) is 2.57. The van der Waals surface area contributed by atoms with Crippen molar-refractivity contribution in [3.05, 3.63) is 30.1 Å². The van der Waals surface area contributed by atoms with E-state index in [0.29, 0.717) is 11.7 Å². The predicted molar refractivity (Wildman–Crippen MR) is 69.7 cm³/mol. The highest BCUT2D eigenvalue weighted by Crippen LogP contribution is 2.32. The Morgan fingerprint density at radius 2 is 1.85 bits per heavy atom. The summed E-state index contributed by atoms with van der Waals surface area (Å²) >= 11 is 0. The van der Waals surface area contributed by atoms with E-state index in [1.165, 1.54) is 25.0 Å². The maximum absolute atomic E-state index is 12.1. The number of aromatic nitrogens is 3. The van der Waals surface area contributed by atoms with Gasteiger partial charge in [0.15, 0.2) is 5.82 Å². The van der Waals surface area contributed by atoms with Gasteiger partial charge < -0.3 is 4.74 Å². The Kier molecular flexibility index (Phi) is 3.62. The van der Waals surface area contributed by atoms with E-state index < -0.39 is 6.61 Å². The number of alkyl halides is 2. The lowest BCUT2D eigenvalue weighted by Crippen LogP contribution is -2.01. The molecule has 0 radical (unpaired) electrons. The van der Waals surface area contributed by atoms with Crippen molar-refractivity contribution in [2.24, 2.45) is 0 Å². The Morgan fingerprint density at radius 3 is 2.50 bits per heavy atom. The van der Waals surface area contributed by atoms with Gasteiger partial charge in [-0.2, -0.15) is 13.9 Å². The highest BCUT2D eigenvalue weighted by atomic mass is 19.3. The Bertz CT molecular complexity index is 562. The summed E-state index contributed by atoms with van der Waals surface area (Å²) in [5, 5.41) is 7.18. The summed E-state index contributed by atoms with van der Waals surface area (Å²) in [4.78, 5) is 4.50. The van der Waals surface area contributed by atoms with Crippen LogP contribution in [0.3, 0.4) is 0 Å². The van der Waals surface area contributed by atoms with Crippen molar-refractivity contribution < 1.29 is 13.5 Å². The number of hydrogen-bond donors (Lipinski definition) is 1. The third kappa shape index (κ3) is 2.79. The van der Waals surface area contributed by atoms with Crippen molar-refractivity contribution >= 4 is 0 Å². The van der Waals surface area contributed by atoms with Crippen molar-refractivity contribution in [3.63, 3.8) is 0 Å². The predicted octanol–water partition coefficient (Wildman–Crippen LogP) is 3.73. The highest BCUT2D eigenvalue weighted by Gasteiger charge is 2.20. The molecular formula is C14H15F2N3O. The number of hydrogen-bond acceptors (Lipinski definition) is 3. The third-order valence-electron chi connectivity index (χ3n) is 3.58. The lowest BCUT2D eigenvalue weighted by atomic mass is 10.1. The fourth-order valence-electron chi connectivity index (χ4n) is 2.57. The molecule has 0 amide bonds. The smallest absolute Gasteiger partial charge is 0.387 e. The van der Waals surface area contributed by atoms with Crippen molar-refractivity contribution in [2.45, 2.75) is 38.2 Å². The number of benzene rings is 1. The van der Waals surface area contributed by atoms with E-state index in [1.54, 1.807) is 12.1 Å². The SMILES string of the molecule is FC(F)Oc1ccc(-c2n[nH]c(C3CCCC3)n2)cc1. The molecule has 1 N–H and O–H groups in total. The Morgan fingerprint density at radius 1 is 1.15 bits per heavy atom. The van der Waals surface area contributed by atoms with Crippen LogP contribution in [0, 0.1) is 0 Å². The zero-order valence-corrected chi connectivity index (χ0v) is 10.9. The lowest BCUT2D eigenvalue weighted by Gasteiger charge is -2.04. The van der Waals surface area contributed by atoms with E-state index in [-0.39, 0.29) is 5.75 Å². The molecule has 2 aromatic rings. The molecule has 20 heavy (non-hydrogen) atoms. The normalized spacial score (nSPS) is 15.9. The first-order valence-electron chi connectivity index (χ1n) is 6.70. The number of nitrogens with zero attached hydrogens (tertiary/aromatic N) is 2. The van der Waals surface area contributed by atoms with Crippen LogP contribution in [0.15, 0.2) is 24.3 Å². The first-order chi connectivity index (χ1) is 9.72. The minimum atomic E-state index is -2.81. The van der Waals surface area contributed by atoms with E-state index in [9.17, 15) is 8.78 Å². The number of halogens is 2. The summed E-state index contributed by atoms with van der Waals surface area (Å²) in [6.45, 7) is -2.81. The summed E-state index contributed by atoms with van der Waals surface area (Å²) < 4.78 is 28.4.